The summed E-state index contributed by atoms with van der Waals surface area (Å²) in [5, 5.41) is 3.24. The fourth-order valence-electron chi connectivity index (χ4n) is 2.10. The van der Waals surface area contributed by atoms with E-state index in [0.717, 1.165) is 25.5 Å². The molecule has 0 heterocycles. The third-order valence-corrected chi connectivity index (χ3v) is 3.07. The van der Waals surface area contributed by atoms with Gasteiger partial charge in [-0.1, -0.05) is 19.1 Å². The lowest BCUT2D eigenvalue weighted by Gasteiger charge is -2.36. The molecule has 1 aliphatic carbocycles. The lowest BCUT2D eigenvalue weighted by Crippen LogP contribution is -2.46. The van der Waals surface area contributed by atoms with Gasteiger partial charge in [0.15, 0.2) is 0 Å². The van der Waals surface area contributed by atoms with E-state index < -0.39 is 11.7 Å². The molecule has 5 heteroatoms. The Balaban J connectivity index is 1.99. The fraction of sp³-hybridized carbons (Fsp3) is 0.538. The molecule has 0 amide bonds. The van der Waals surface area contributed by atoms with Crippen molar-refractivity contribution >= 4 is 0 Å². The summed E-state index contributed by atoms with van der Waals surface area (Å²) in [4.78, 5) is 0. The highest BCUT2D eigenvalue weighted by Crippen LogP contribution is 2.37. The number of benzene rings is 1. The van der Waals surface area contributed by atoms with Crippen LogP contribution in [0.1, 0.15) is 25.3 Å². The van der Waals surface area contributed by atoms with Crippen molar-refractivity contribution in [3.8, 4) is 5.75 Å². The van der Waals surface area contributed by atoms with Crippen LogP contribution in [0.4, 0.5) is 13.2 Å². The lowest BCUT2D eigenvalue weighted by atomic mass is 9.89. The zero-order valence-corrected chi connectivity index (χ0v) is 10.1. The highest BCUT2D eigenvalue weighted by molar-refractivity contribution is 5.35. The Morgan fingerprint density at radius 2 is 1.94 bits per heavy atom. The van der Waals surface area contributed by atoms with Crippen LogP contribution in [0.3, 0.4) is 0 Å². The van der Waals surface area contributed by atoms with E-state index in [2.05, 4.69) is 5.32 Å². The van der Waals surface area contributed by atoms with Crippen LogP contribution in [-0.4, -0.2) is 18.7 Å². The predicted molar refractivity (Wildman–Crippen MR) is 62.6 cm³/mol. The molecule has 1 saturated carbocycles. The smallest absolute Gasteiger partial charge is 0.419 e. The third-order valence-electron chi connectivity index (χ3n) is 3.07. The van der Waals surface area contributed by atoms with Gasteiger partial charge in [0.05, 0.1) is 5.56 Å². The molecule has 0 unspecified atom stereocenters. The van der Waals surface area contributed by atoms with Crippen molar-refractivity contribution in [2.24, 2.45) is 0 Å². The Bertz CT molecular complexity index is 399. The SMILES string of the molecule is CCNC1CC(Oc2ccccc2C(F)(F)F)C1. The number of hydrogen-bond donors (Lipinski definition) is 1. The van der Waals surface area contributed by atoms with Crippen molar-refractivity contribution < 1.29 is 17.9 Å². The van der Waals surface area contributed by atoms with Gasteiger partial charge < -0.3 is 10.1 Å². The largest absolute Gasteiger partial charge is 0.490 e. The molecular weight excluding hydrogens is 243 g/mol. The Hall–Kier alpha value is -1.23. The van der Waals surface area contributed by atoms with Crippen LogP contribution in [0.15, 0.2) is 24.3 Å². The monoisotopic (exact) mass is 259 g/mol. The second-order valence-electron chi connectivity index (χ2n) is 4.46. The van der Waals surface area contributed by atoms with Gasteiger partial charge in [-0.05, 0) is 31.5 Å². The summed E-state index contributed by atoms with van der Waals surface area (Å²) in [7, 11) is 0. The molecule has 0 aliphatic heterocycles. The zero-order valence-electron chi connectivity index (χ0n) is 10.1. The molecule has 0 radical (unpaired) electrons. The van der Waals surface area contributed by atoms with E-state index in [1.165, 1.54) is 12.1 Å². The van der Waals surface area contributed by atoms with Crippen LogP contribution in [0.2, 0.25) is 0 Å². The van der Waals surface area contributed by atoms with Gasteiger partial charge in [-0.2, -0.15) is 13.2 Å². The summed E-state index contributed by atoms with van der Waals surface area (Å²) < 4.78 is 43.6. The fourth-order valence-corrected chi connectivity index (χ4v) is 2.10. The molecule has 1 aliphatic rings. The minimum absolute atomic E-state index is 0.0649. The minimum Gasteiger partial charge on any atom is -0.490 e. The van der Waals surface area contributed by atoms with Crippen LogP contribution >= 0.6 is 0 Å². The van der Waals surface area contributed by atoms with Crippen LogP contribution in [-0.2, 0) is 6.18 Å². The maximum atomic E-state index is 12.7. The second kappa shape index (κ2) is 5.18. The summed E-state index contributed by atoms with van der Waals surface area (Å²) >= 11 is 0. The third kappa shape index (κ3) is 2.96. The van der Waals surface area contributed by atoms with E-state index in [9.17, 15) is 13.2 Å². The van der Waals surface area contributed by atoms with E-state index in [-0.39, 0.29) is 11.9 Å². The number of nitrogens with one attached hydrogen (secondary N) is 1. The summed E-state index contributed by atoms with van der Waals surface area (Å²) in [6.07, 6.45) is -2.95. The van der Waals surface area contributed by atoms with E-state index in [1.54, 1.807) is 6.07 Å². The first-order chi connectivity index (χ1) is 8.50. The van der Waals surface area contributed by atoms with E-state index in [4.69, 9.17) is 4.74 Å². The Labute approximate surface area is 104 Å². The Morgan fingerprint density at radius 1 is 1.28 bits per heavy atom. The van der Waals surface area contributed by atoms with E-state index >= 15 is 0 Å². The Morgan fingerprint density at radius 3 is 2.56 bits per heavy atom. The summed E-state index contributed by atoms with van der Waals surface area (Å²) in [5.74, 6) is -0.0649. The number of hydrogen-bond acceptors (Lipinski definition) is 2. The molecule has 18 heavy (non-hydrogen) atoms. The standard InChI is InChI=1S/C13H16F3NO/c1-2-17-9-7-10(8-9)18-12-6-4-3-5-11(12)13(14,15)16/h3-6,9-10,17H,2,7-8H2,1H3. The van der Waals surface area contributed by atoms with Gasteiger partial charge in [0, 0.05) is 6.04 Å². The van der Waals surface area contributed by atoms with Crippen LogP contribution in [0.25, 0.3) is 0 Å². The first-order valence-electron chi connectivity index (χ1n) is 6.07. The molecule has 0 atom stereocenters. The van der Waals surface area contributed by atoms with Gasteiger partial charge >= 0.3 is 6.18 Å². The summed E-state index contributed by atoms with van der Waals surface area (Å²) in [6, 6.07) is 5.74. The molecular formula is C13H16F3NO. The first kappa shape index (κ1) is 13.2. The molecule has 100 valence electrons. The van der Waals surface area contributed by atoms with Gasteiger partial charge in [0.25, 0.3) is 0 Å². The van der Waals surface area contributed by atoms with Crippen molar-refractivity contribution in [2.45, 2.75) is 38.1 Å². The molecule has 0 saturated heterocycles. The number of alkyl halides is 3. The highest BCUT2D eigenvalue weighted by atomic mass is 19.4. The number of halogens is 3. The molecule has 0 aromatic heterocycles. The number of rotatable bonds is 4. The van der Waals surface area contributed by atoms with Crippen LogP contribution in [0.5, 0.6) is 5.75 Å². The molecule has 1 fully saturated rings. The maximum absolute atomic E-state index is 12.7. The first-order valence-corrected chi connectivity index (χ1v) is 6.07. The normalized spacial score (nSPS) is 23.6. The highest BCUT2D eigenvalue weighted by Gasteiger charge is 2.36. The van der Waals surface area contributed by atoms with Gasteiger partial charge in [-0.3, -0.25) is 0 Å². The van der Waals surface area contributed by atoms with Gasteiger partial charge in [0.2, 0.25) is 0 Å². The van der Waals surface area contributed by atoms with Gasteiger partial charge in [-0.25, -0.2) is 0 Å². The topological polar surface area (TPSA) is 21.3 Å². The predicted octanol–water partition coefficient (Wildman–Crippen LogP) is 3.22. The van der Waals surface area contributed by atoms with E-state index in [1.807, 2.05) is 6.92 Å². The van der Waals surface area contributed by atoms with Gasteiger partial charge in [-0.15, -0.1) is 0 Å². The van der Waals surface area contributed by atoms with Crippen LogP contribution < -0.4 is 10.1 Å². The quantitative estimate of drug-likeness (QED) is 0.896. The maximum Gasteiger partial charge on any atom is 0.419 e. The van der Waals surface area contributed by atoms with Crippen molar-refractivity contribution in [2.75, 3.05) is 6.54 Å². The lowest BCUT2D eigenvalue weighted by molar-refractivity contribution is -0.139. The Kier molecular flexibility index (Phi) is 3.80. The molecule has 1 aromatic rings. The molecule has 2 nitrogen and oxygen atoms in total. The average molecular weight is 259 g/mol. The summed E-state index contributed by atoms with van der Waals surface area (Å²) in [6.45, 7) is 2.88. The van der Waals surface area contributed by atoms with E-state index in [0.29, 0.717) is 6.04 Å². The average Bonchev–Trinajstić information content (AvgIpc) is 2.25. The van der Waals surface area contributed by atoms with Crippen LogP contribution in [0, 0.1) is 0 Å². The summed E-state index contributed by atoms with van der Waals surface area (Å²) in [5.41, 5.74) is -0.697. The zero-order chi connectivity index (χ0) is 13.2. The van der Waals surface area contributed by atoms with Gasteiger partial charge in [0.1, 0.15) is 11.9 Å². The van der Waals surface area contributed by atoms with Crippen molar-refractivity contribution in [1.29, 1.82) is 0 Å². The number of para-hydroxylation sites is 1. The number of ether oxygens (including phenoxy) is 1. The molecule has 0 bridgehead atoms. The minimum atomic E-state index is -4.36. The second-order valence-corrected chi connectivity index (χ2v) is 4.46. The van der Waals surface area contributed by atoms with Crippen molar-refractivity contribution in [3.63, 3.8) is 0 Å². The van der Waals surface area contributed by atoms with Crippen molar-refractivity contribution in [1.82, 2.24) is 5.32 Å². The molecule has 1 aromatic carbocycles. The van der Waals surface area contributed by atoms with Crippen molar-refractivity contribution in [3.05, 3.63) is 29.8 Å². The molecule has 2 rings (SSSR count). The molecule has 1 N–H and O–H groups in total. The molecule has 0 spiro atoms.